The molecule has 0 aromatic rings. The molecule has 0 bridgehead atoms. The van der Waals surface area contributed by atoms with E-state index in [4.69, 9.17) is 5.11 Å². The molecule has 6 nitrogen and oxygen atoms in total. The first-order chi connectivity index (χ1) is 5.43. The third-order valence-electron chi connectivity index (χ3n) is 0.993. The molecule has 68 valence electrons. The van der Waals surface area contributed by atoms with Crippen LogP contribution in [0, 0.1) is 0 Å². The summed E-state index contributed by atoms with van der Waals surface area (Å²) in [6.45, 7) is 0. The first-order valence-electron chi connectivity index (χ1n) is 2.94. The maximum Gasteiger partial charge on any atom is 0.312 e. The summed E-state index contributed by atoms with van der Waals surface area (Å²) in [6.07, 6.45) is -0.523. The van der Waals surface area contributed by atoms with Crippen molar-refractivity contribution in [3.8, 4) is 0 Å². The number of nitrogens with two attached hydrogens (primary N) is 1. The molecule has 0 aliphatic rings. The number of aliphatic carboxylic acids is 1. The molecule has 0 aliphatic heterocycles. The molecular weight excluding hydrogens is 184 g/mol. The first-order valence-corrected chi connectivity index (χ1v) is 3.38. The van der Waals surface area contributed by atoms with Gasteiger partial charge in [-0.2, -0.15) is 0 Å². The van der Waals surface area contributed by atoms with E-state index in [0.29, 0.717) is 0 Å². The number of amides is 2. The van der Waals surface area contributed by atoms with Gasteiger partial charge in [-0.1, -0.05) is 0 Å². The number of rotatable bonds is 4. The lowest BCUT2D eigenvalue weighted by Crippen LogP contribution is -2.43. The Morgan fingerprint density at radius 3 is 2.25 bits per heavy atom. The standard InChI is InChI=1S/C5H8N2O4S/c6-5(11)7-2(4(10)12)1-3(8)9/h2H,1H2,(H,8,9)(H,10,12)(H3,6,7,11). The molecule has 2 amide bonds. The van der Waals surface area contributed by atoms with E-state index < -0.39 is 29.6 Å². The van der Waals surface area contributed by atoms with Gasteiger partial charge in [-0.25, -0.2) is 4.79 Å². The average molecular weight is 192 g/mol. The molecule has 0 aromatic heterocycles. The van der Waals surface area contributed by atoms with Gasteiger partial charge in [-0.05, 0) is 0 Å². The van der Waals surface area contributed by atoms with E-state index in [1.807, 2.05) is 5.32 Å². The van der Waals surface area contributed by atoms with Crippen LogP contribution in [0.1, 0.15) is 6.42 Å². The number of carbonyl (C=O) groups is 3. The zero-order valence-electron chi connectivity index (χ0n) is 5.98. The molecule has 1 unspecified atom stereocenters. The highest BCUT2D eigenvalue weighted by Crippen LogP contribution is 1.96. The maximum atomic E-state index is 10.5. The Labute approximate surface area is 73.5 Å². The number of hydrogen-bond acceptors (Lipinski definition) is 3. The number of thiol groups is 1. The van der Waals surface area contributed by atoms with Crippen molar-refractivity contribution in [1.29, 1.82) is 0 Å². The van der Waals surface area contributed by atoms with Crippen molar-refractivity contribution in [3.05, 3.63) is 0 Å². The smallest absolute Gasteiger partial charge is 0.312 e. The van der Waals surface area contributed by atoms with E-state index in [2.05, 4.69) is 18.4 Å². The molecule has 0 spiro atoms. The second kappa shape index (κ2) is 4.60. The molecule has 0 heterocycles. The number of urea groups is 1. The van der Waals surface area contributed by atoms with E-state index in [9.17, 15) is 14.4 Å². The van der Waals surface area contributed by atoms with Crippen LogP contribution in [-0.2, 0) is 9.59 Å². The summed E-state index contributed by atoms with van der Waals surface area (Å²) in [7, 11) is 0. The molecule has 4 N–H and O–H groups in total. The summed E-state index contributed by atoms with van der Waals surface area (Å²) in [4.78, 5) is 30.9. The Morgan fingerprint density at radius 1 is 1.50 bits per heavy atom. The van der Waals surface area contributed by atoms with Crippen molar-refractivity contribution in [2.45, 2.75) is 12.5 Å². The van der Waals surface area contributed by atoms with Crippen molar-refractivity contribution in [2.75, 3.05) is 0 Å². The van der Waals surface area contributed by atoms with E-state index in [-0.39, 0.29) is 0 Å². The van der Waals surface area contributed by atoms with Gasteiger partial charge in [0.1, 0.15) is 6.04 Å². The van der Waals surface area contributed by atoms with E-state index >= 15 is 0 Å². The van der Waals surface area contributed by atoms with Crippen LogP contribution >= 0.6 is 12.6 Å². The normalized spacial score (nSPS) is 11.8. The fourth-order valence-corrected chi connectivity index (χ4v) is 0.702. The topological polar surface area (TPSA) is 109 Å². The summed E-state index contributed by atoms with van der Waals surface area (Å²) in [5, 5.41) is 9.47. The molecule has 7 heteroatoms. The van der Waals surface area contributed by atoms with Crippen LogP contribution in [0.15, 0.2) is 0 Å². The van der Waals surface area contributed by atoms with Crippen molar-refractivity contribution in [3.63, 3.8) is 0 Å². The van der Waals surface area contributed by atoms with Gasteiger partial charge in [0.05, 0.1) is 6.42 Å². The molecule has 0 saturated carbocycles. The maximum absolute atomic E-state index is 10.5. The SMILES string of the molecule is NC(=O)NC(CC(=O)O)C(=O)S. The van der Waals surface area contributed by atoms with Gasteiger partial charge < -0.3 is 16.2 Å². The lowest BCUT2D eigenvalue weighted by Gasteiger charge is -2.09. The Morgan fingerprint density at radius 2 is 2.00 bits per heavy atom. The number of carboxylic acids is 1. The summed E-state index contributed by atoms with van der Waals surface area (Å²) < 4.78 is 0. The Hall–Kier alpha value is -1.24. The van der Waals surface area contributed by atoms with Crippen LogP contribution in [0.5, 0.6) is 0 Å². The third-order valence-corrected chi connectivity index (χ3v) is 1.31. The molecule has 0 aromatic carbocycles. The summed E-state index contributed by atoms with van der Waals surface area (Å²) in [5.41, 5.74) is 4.68. The molecule has 0 radical (unpaired) electrons. The highest BCUT2D eigenvalue weighted by molar-refractivity contribution is 7.96. The third kappa shape index (κ3) is 4.56. The van der Waals surface area contributed by atoms with Crippen molar-refractivity contribution in [2.24, 2.45) is 5.73 Å². The van der Waals surface area contributed by atoms with Gasteiger partial charge in [0.15, 0.2) is 0 Å². The Balaban J connectivity index is 4.14. The number of carbonyl (C=O) groups excluding carboxylic acids is 2. The average Bonchev–Trinajstić information content (AvgIpc) is 1.83. The predicted molar refractivity (Wildman–Crippen MR) is 42.8 cm³/mol. The highest BCUT2D eigenvalue weighted by atomic mass is 32.1. The molecule has 0 rings (SSSR count). The molecular formula is C5H8N2O4S. The van der Waals surface area contributed by atoms with Crippen LogP contribution in [0.25, 0.3) is 0 Å². The monoisotopic (exact) mass is 192 g/mol. The van der Waals surface area contributed by atoms with Gasteiger partial charge in [-0.3, -0.25) is 9.59 Å². The minimum absolute atomic E-state index is 0.523. The van der Waals surface area contributed by atoms with E-state index in [1.165, 1.54) is 0 Å². The summed E-state index contributed by atoms with van der Waals surface area (Å²) in [5.74, 6) is -1.21. The fraction of sp³-hybridized carbons (Fsp3) is 0.400. The van der Waals surface area contributed by atoms with Gasteiger partial charge in [0.25, 0.3) is 0 Å². The van der Waals surface area contributed by atoms with Crippen LogP contribution in [0.4, 0.5) is 4.79 Å². The van der Waals surface area contributed by atoms with Crippen LogP contribution < -0.4 is 11.1 Å². The zero-order valence-corrected chi connectivity index (χ0v) is 6.88. The van der Waals surface area contributed by atoms with Crippen LogP contribution in [0.3, 0.4) is 0 Å². The minimum Gasteiger partial charge on any atom is -0.481 e. The lowest BCUT2D eigenvalue weighted by atomic mass is 10.2. The van der Waals surface area contributed by atoms with E-state index in [0.717, 1.165) is 0 Å². The largest absolute Gasteiger partial charge is 0.481 e. The first kappa shape index (κ1) is 10.8. The highest BCUT2D eigenvalue weighted by Gasteiger charge is 2.19. The second-order valence-electron chi connectivity index (χ2n) is 2.00. The van der Waals surface area contributed by atoms with Gasteiger partial charge in [-0.15, -0.1) is 12.6 Å². The van der Waals surface area contributed by atoms with Gasteiger partial charge >= 0.3 is 12.0 Å². The summed E-state index contributed by atoms with van der Waals surface area (Å²) >= 11 is 3.37. The van der Waals surface area contributed by atoms with Crippen LogP contribution in [0.2, 0.25) is 0 Å². The predicted octanol–water partition coefficient (Wildman–Crippen LogP) is -1.05. The molecule has 0 aliphatic carbocycles. The number of hydrogen-bond donors (Lipinski definition) is 4. The summed E-state index contributed by atoms with van der Waals surface area (Å²) in [6, 6.07) is -2.12. The second-order valence-corrected chi connectivity index (χ2v) is 2.44. The van der Waals surface area contributed by atoms with Crippen molar-refractivity contribution >= 4 is 29.7 Å². The van der Waals surface area contributed by atoms with E-state index in [1.54, 1.807) is 0 Å². The lowest BCUT2D eigenvalue weighted by molar-refractivity contribution is -0.138. The Bertz CT molecular complexity index is 201. The number of carboxylic acid groups (broad SMARTS) is 1. The molecule has 1 atom stereocenters. The molecule has 0 fully saturated rings. The fourth-order valence-electron chi connectivity index (χ4n) is 0.546. The van der Waals surface area contributed by atoms with Gasteiger partial charge in [0, 0.05) is 0 Å². The van der Waals surface area contributed by atoms with Crippen LogP contribution in [-0.4, -0.2) is 28.3 Å². The Kier molecular flexibility index (Phi) is 4.12. The quantitative estimate of drug-likeness (QED) is 0.426. The van der Waals surface area contributed by atoms with Crippen molar-refractivity contribution in [1.82, 2.24) is 5.32 Å². The van der Waals surface area contributed by atoms with Crippen molar-refractivity contribution < 1.29 is 19.5 Å². The minimum atomic E-state index is -1.21. The molecule has 12 heavy (non-hydrogen) atoms. The molecule has 0 saturated heterocycles. The zero-order chi connectivity index (χ0) is 9.72. The number of nitrogens with one attached hydrogen (secondary N) is 1. The number of primary amides is 1. The van der Waals surface area contributed by atoms with Gasteiger partial charge in [0.2, 0.25) is 5.12 Å².